The molecule has 0 radical (unpaired) electrons. The van der Waals surface area contributed by atoms with Crippen LogP contribution in [0, 0.1) is 0 Å². The molecule has 10 nitrogen and oxygen atoms in total. The second-order valence-corrected chi connectivity index (χ2v) is 8.94. The Labute approximate surface area is 209 Å². The average Bonchev–Trinajstić information content (AvgIpc) is 3.52. The minimum atomic E-state index is 0. The number of nitrogens with one attached hydrogen (secondary N) is 2. The molecule has 35 heavy (non-hydrogen) atoms. The van der Waals surface area contributed by atoms with Crippen molar-refractivity contribution in [3.8, 4) is 11.3 Å². The Morgan fingerprint density at radius 2 is 1.80 bits per heavy atom. The quantitative estimate of drug-likeness (QED) is 0.426. The Hall–Kier alpha value is -3.21. The molecular formula is C24H29ClN8O2. The largest absolute Gasteiger partial charge is 0.455 e. The maximum Gasteiger partial charge on any atom is 0.231 e. The van der Waals surface area contributed by atoms with Crippen molar-refractivity contribution in [2.45, 2.75) is 18.8 Å². The van der Waals surface area contributed by atoms with Crippen molar-refractivity contribution in [2.24, 2.45) is 0 Å². The van der Waals surface area contributed by atoms with Gasteiger partial charge in [0.05, 0.1) is 18.9 Å². The predicted octanol–water partition coefficient (Wildman–Crippen LogP) is 3.82. The SMILES string of the molecule is CN1CCC(c2cc3nc(Nc4cc(-c5ccncc5)[nH]n4)nc(N4CCOCC4)c3o2)CC1.Cl. The maximum atomic E-state index is 6.41. The van der Waals surface area contributed by atoms with Crippen LogP contribution >= 0.6 is 12.4 Å². The summed E-state index contributed by atoms with van der Waals surface area (Å²) < 4.78 is 12.0. The maximum absolute atomic E-state index is 6.41. The first kappa shape index (κ1) is 23.5. The molecule has 4 aromatic heterocycles. The van der Waals surface area contributed by atoms with Crippen LogP contribution in [0.5, 0.6) is 0 Å². The molecule has 0 spiro atoms. The van der Waals surface area contributed by atoms with E-state index in [1.165, 1.54) is 0 Å². The van der Waals surface area contributed by atoms with Gasteiger partial charge in [0.1, 0.15) is 11.3 Å². The highest BCUT2D eigenvalue weighted by Crippen LogP contribution is 2.35. The molecule has 0 saturated carbocycles. The normalized spacial score (nSPS) is 17.5. The van der Waals surface area contributed by atoms with E-state index in [0.717, 1.165) is 73.0 Å². The van der Waals surface area contributed by atoms with Crippen LogP contribution in [0.15, 0.2) is 41.1 Å². The highest BCUT2D eigenvalue weighted by atomic mass is 35.5. The fourth-order valence-electron chi connectivity index (χ4n) is 4.65. The van der Waals surface area contributed by atoms with Gasteiger partial charge in [0.25, 0.3) is 0 Å². The van der Waals surface area contributed by atoms with E-state index >= 15 is 0 Å². The van der Waals surface area contributed by atoms with E-state index in [9.17, 15) is 0 Å². The number of rotatable bonds is 5. The molecule has 2 N–H and O–H groups in total. The van der Waals surface area contributed by atoms with Crippen LogP contribution in [0.2, 0.25) is 0 Å². The third-order valence-corrected chi connectivity index (χ3v) is 6.61. The van der Waals surface area contributed by atoms with E-state index in [2.05, 4.69) is 43.4 Å². The number of likely N-dealkylation sites (tertiary alicyclic amines) is 1. The van der Waals surface area contributed by atoms with Gasteiger partial charge in [-0.25, -0.2) is 4.98 Å². The summed E-state index contributed by atoms with van der Waals surface area (Å²) in [6.45, 7) is 5.04. The highest BCUT2D eigenvalue weighted by molar-refractivity contribution is 5.86. The van der Waals surface area contributed by atoms with Crippen LogP contribution < -0.4 is 10.2 Å². The number of ether oxygens (including phenoxy) is 1. The highest BCUT2D eigenvalue weighted by Gasteiger charge is 2.26. The second-order valence-electron chi connectivity index (χ2n) is 8.94. The smallest absolute Gasteiger partial charge is 0.231 e. The summed E-state index contributed by atoms with van der Waals surface area (Å²) >= 11 is 0. The zero-order chi connectivity index (χ0) is 22.9. The summed E-state index contributed by atoms with van der Waals surface area (Å²) in [6.07, 6.45) is 5.70. The van der Waals surface area contributed by atoms with E-state index in [1.54, 1.807) is 12.4 Å². The molecule has 6 heterocycles. The molecule has 11 heteroatoms. The summed E-state index contributed by atoms with van der Waals surface area (Å²) in [5.41, 5.74) is 3.48. The Bertz CT molecular complexity index is 1260. The van der Waals surface area contributed by atoms with Crippen molar-refractivity contribution in [1.29, 1.82) is 0 Å². The topological polar surface area (TPSA) is 108 Å². The summed E-state index contributed by atoms with van der Waals surface area (Å²) in [7, 11) is 2.17. The summed E-state index contributed by atoms with van der Waals surface area (Å²) in [6, 6.07) is 7.91. The van der Waals surface area contributed by atoms with Crippen molar-refractivity contribution in [2.75, 3.05) is 56.7 Å². The number of anilines is 3. The molecule has 0 aliphatic carbocycles. The van der Waals surface area contributed by atoms with Gasteiger partial charge in [-0.3, -0.25) is 10.1 Å². The molecule has 0 unspecified atom stereocenters. The average molecular weight is 497 g/mol. The van der Waals surface area contributed by atoms with Crippen molar-refractivity contribution in [3.63, 3.8) is 0 Å². The number of H-pyrrole nitrogens is 1. The fraction of sp³-hybridized carbons (Fsp3) is 0.417. The van der Waals surface area contributed by atoms with Crippen molar-refractivity contribution in [3.05, 3.63) is 42.4 Å². The lowest BCUT2D eigenvalue weighted by Crippen LogP contribution is -2.37. The molecular weight excluding hydrogens is 468 g/mol. The van der Waals surface area contributed by atoms with Gasteiger partial charge in [0.2, 0.25) is 5.95 Å². The lowest BCUT2D eigenvalue weighted by Gasteiger charge is -2.28. The number of pyridine rings is 1. The number of nitrogens with zero attached hydrogens (tertiary/aromatic N) is 6. The first-order valence-corrected chi connectivity index (χ1v) is 11.8. The minimum absolute atomic E-state index is 0. The molecule has 2 saturated heterocycles. The molecule has 2 fully saturated rings. The monoisotopic (exact) mass is 496 g/mol. The molecule has 184 valence electrons. The van der Waals surface area contributed by atoms with Crippen LogP contribution in [0.25, 0.3) is 22.4 Å². The van der Waals surface area contributed by atoms with Gasteiger partial charge in [-0.2, -0.15) is 10.1 Å². The van der Waals surface area contributed by atoms with Gasteiger partial charge in [0.15, 0.2) is 17.2 Å². The van der Waals surface area contributed by atoms with Crippen LogP contribution in [0.4, 0.5) is 17.6 Å². The van der Waals surface area contributed by atoms with Gasteiger partial charge in [-0.1, -0.05) is 0 Å². The Kier molecular flexibility index (Phi) is 6.85. The number of furan rings is 1. The molecule has 4 aromatic rings. The zero-order valence-electron chi connectivity index (χ0n) is 19.6. The molecule has 0 atom stereocenters. The van der Waals surface area contributed by atoms with Crippen molar-refractivity contribution in [1.82, 2.24) is 30.0 Å². The Morgan fingerprint density at radius 3 is 2.57 bits per heavy atom. The summed E-state index contributed by atoms with van der Waals surface area (Å²) in [5.74, 6) is 3.37. The van der Waals surface area contributed by atoms with Gasteiger partial charge in [0, 0.05) is 49.1 Å². The van der Waals surface area contributed by atoms with E-state index in [1.807, 2.05) is 18.2 Å². The molecule has 6 rings (SSSR count). The first-order valence-electron chi connectivity index (χ1n) is 11.8. The van der Waals surface area contributed by atoms with E-state index in [4.69, 9.17) is 19.1 Å². The number of fused-ring (bicyclic) bond motifs is 1. The molecule has 2 aliphatic heterocycles. The Morgan fingerprint density at radius 1 is 1.03 bits per heavy atom. The van der Waals surface area contributed by atoms with Crippen molar-refractivity contribution < 1.29 is 9.15 Å². The number of morpholine rings is 1. The van der Waals surface area contributed by atoms with Gasteiger partial charge < -0.3 is 24.3 Å². The number of hydrogen-bond donors (Lipinski definition) is 2. The third kappa shape index (κ3) is 4.95. The zero-order valence-corrected chi connectivity index (χ0v) is 20.4. The van der Waals surface area contributed by atoms with Crippen LogP contribution in [0.3, 0.4) is 0 Å². The molecule has 0 aromatic carbocycles. The molecule has 0 bridgehead atoms. The third-order valence-electron chi connectivity index (χ3n) is 6.61. The second kappa shape index (κ2) is 10.2. The fourth-order valence-corrected chi connectivity index (χ4v) is 4.65. The number of aromatic amines is 1. The number of halogens is 1. The van der Waals surface area contributed by atoms with Gasteiger partial charge in [-0.05, 0) is 45.1 Å². The lowest BCUT2D eigenvalue weighted by molar-refractivity contribution is 0.122. The van der Waals surface area contributed by atoms with E-state index in [-0.39, 0.29) is 12.4 Å². The number of piperidine rings is 1. The summed E-state index contributed by atoms with van der Waals surface area (Å²) in [4.78, 5) is 18.3. The van der Waals surface area contributed by atoms with Gasteiger partial charge in [-0.15, -0.1) is 12.4 Å². The lowest BCUT2D eigenvalue weighted by atomic mass is 9.95. The van der Waals surface area contributed by atoms with Gasteiger partial charge >= 0.3 is 0 Å². The van der Waals surface area contributed by atoms with Crippen LogP contribution in [0.1, 0.15) is 24.5 Å². The first-order chi connectivity index (χ1) is 16.7. The standard InChI is InChI=1S/C24H28N8O2.ClH/c1-31-8-4-17(5-9-31)20-14-19-22(34-20)23(32-10-12-33-13-11-32)28-24(26-19)27-21-15-18(29-30-21)16-2-6-25-7-3-16;/h2-3,6-7,14-15,17H,4-5,8-13H2,1H3,(H2,26,27,28,29,30);1H. The summed E-state index contributed by atoms with van der Waals surface area (Å²) in [5, 5.41) is 10.7. The molecule has 0 amide bonds. The Balaban J connectivity index is 0.00000253. The van der Waals surface area contributed by atoms with Crippen LogP contribution in [-0.2, 0) is 4.74 Å². The molecule has 2 aliphatic rings. The van der Waals surface area contributed by atoms with Crippen molar-refractivity contribution >= 4 is 41.1 Å². The van der Waals surface area contributed by atoms with E-state index < -0.39 is 0 Å². The van der Waals surface area contributed by atoms with E-state index in [0.29, 0.717) is 30.9 Å². The van der Waals surface area contributed by atoms with Crippen LogP contribution in [-0.4, -0.2) is 76.5 Å². The minimum Gasteiger partial charge on any atom is -0.455 e. The number of hydrogen-bond acceptors (Lipinski definition) is 9. The number of aromatic nitrogens is 5. The predicted molar refractivity (Wildman–Crippen MR) is 137 cm³/mol.